The molecule has 0 unspecified atom stereocenters. The molecule has 0 N–H and O–H groups in total. The Balaban J connectivity index is 1.02. The van der Waals surface area contributed by atoms with Gasteiger partial charge in [0.1, 0.15) is 11.5 Å². The van der Waals surface area contributed by atoms with Crippen LogP contribution in [0.25, 0.3) is 23.3 Å². The van der Waals surface area contributed by atoms with Crippen LogP contribution in [0.15, 0.2) is 231 Å². The zero-order valence-corrected chi connectivity index (χ0v) is 32.6. The van der Waals surface area contributed by atoms with E-state index < -0.39 is 11.9 Å². The summed E-state index contributed by atoms with van der Waals surface area (Å²) in [5, 5.41) is 0. The topological polar surface area (TPSA) is 59.1 Å². The number of carbonyl (C=O) groups is 2. The van der Waals surface area contributed by atoms with E-state index in [9.17, 15) is 9.59 Å². The maximum atomic E-state index is 12.7. The van der Waals surface area contributed by atoms with Gasteiger partial charge in [-0.05, 0) is 107 Å². The number of anilines is 6. The molecule has 6 nitrogen and oxygen atoms in total. The number of para-hydroxylation sites is 2. The van der Waals surface area contributed by atoms with Gasteiger partial charge in [-0.1, -0.05) is 133 Å². The van der Waals surface area contributed by atoms with Gasteiger partial charge in [-0.3, -0.25) is 0 Å². The van der Waals surface area contributed by atoms with Gasteiger partial charge in [0.05, 0.1) is 0 Å². The van der Waals surface area contributed by atoms with Crippen LogP contribution in [0.5, 0.6) is 11.5 Å². The molecule has 0 aliphatic heterocycles. The van der Waals surface area contributed by atoms with Crippen molar-refractivity contribution < 1.29 is 19.1 Å². The summed E-state index contributed by atoms with van der Waals surface area (Å²) in [7, 11) is 0. The minimum atomic E-state index is -0.452. The molecule has 8 aromatic carbocycles. The summed E-state index contributed by atoms with van der Waals surface area (Å²) in [6.45, 7) is 0. The lowest BCUT2D eigenvalue weighted by atomic mass is 10.0. The SMILES string of the molecule is O=C(/C=C/c1ccccc1)Oc1cccc(N(c2ccccc2)c2ccc(-c3ccc(N(c4ccccc4)c4cccc(OC(=O)/C=C/c5ccccc5)c4)cc3)cc2)c1. The Hall–Kier alpha value is -8.22. The van der Waals surface area contributed by atoms with Gasteiger partial charge in [-0.25, -0.2) is 9.59 Å². The standard InChI is InChI=1S/C54H40N2O4/c57-53(37-27-41-15-5-1-6-16-41)59-51-25-13-23-49(39-51)55(45-19-9-3-10-20-45)47-33-29-43(30-34-47)44-31-35-48(36-32-44)56(46-21-11-4-12-22-46)50-24-14-26-52(40-50)60-54(58)38-28-42-17-7-2-8-18-42/h1-40H/b37-27+,38-28+. The van der Waals surface area contributed by atoms with Crippen LogP contribution >= 0.6 is 0 Å². The zero-order chi connectivity index (χ0) is 40.9. The van der Waals surface area contributed by atoms with Crippen LogP contribution in [0.4, 0.5) is 34.1 Å². The fourth-order valence-corrected chi connectivity index (χ4v) is 6.78. The van der Waals surface area contributed by atoms with Crippen molar-refractivity contribution in [3.8, 4) is 22.6 Å². The van der Waals surface area contributed by atoms with Gasteiger partial charge in [0.2, 0.25) is 0 Å². The van der Waals surface area contributed by atoms with E-state index >= 15 is 0 Å². The van der Waals surface area contributed by atoms with Crippen molar-refractivity contribution in [2.24, 2.45) is 0 Å². The first kappa shape index (κ1) is 38.6. The average Bonchev–Trinajstić information content (AvgIpc) is 3.30. The molecule has 0 radical (unpaired) electrons. The molecule has 60 heavy (non-hydrogen) atoms. The Labute approximate surface area is 350 Å². The van der Waals surface area contributed by atoms with Gasteiger partial charge in [0, 0.05) is 58.4 Å². The molecule has 290 valence electrons. The Morgan fingerprint density at radius 1 is 0.333 bits per heavy atom. The number of carbonyl (C=O) groups excluding carboxylic acids is 2. The second kappa shape index (κ2) is 18.8. The van der Waals surface area contributed by atoms with Crippen molar-refractivity contribution in [3.05, 3.63) is 242 Å². The molecule has 0 spiro atoms. The van der Waals surface area contributed by atoms with E-state index in [0.717, 1.165) is 56.4 Å². The maximum Gasteiger partial charge on any atom is 0.336 e. The molecule has 0 heterocycles. The van der Waals surface area contributed by atoms with Crippen LogP contribution in [0.3, 0.4) is 0 Å². The lowest BCUT2D eigenvalue weighted by molar-refractivity contribution is -0.129. The second-order valence-electron chi connectivity index (χ2n) is 13.8. The van der Waals surface area contributed by atoms with Crippen molar-refractivity contribution in [1.82, 2.24) is 0 Å². The molecule has 0 saturated heterocycles. The molecule has 0 aliphatic rings. The highest BCUT2D eigenvalue weighted by molar-refractivity contribution is 5.90. The van der Waals surface area contributed by atoms with Crippen LogP contribution in [0.2, 0.25) is 0 Å². The van der Waals surface area contributed by atoms with Gasteiger partial charge in [-0.2, -0.15) is 0 Å². The smallest absolute Gasteiger partial charge is 0.336 e. The molecule has 0 amide bonds. The molecule has 8 rings (SSSR count). The van der Waals surface area contributed by atoms with E-state index in [1.54, 1.807) is 24.3 Å². The molecular formula is C54H40N2O4. The Kier molecular flexibility index (Phi) is 12.1. The molecule has 0 bridgehead atoms. The fraction of sp³-hybridized carbons (Fsp3) is 0. The molecule has 0 fully saturated rings. The predicted molar refractivity (Wildman–Crippen MR) is 243 cm³/mol. The number of nitrogens with zero attached hydrogens (tertiary/aromatic N) is 2. The van der Waals surface area contributed by atoms with E-state index in [1.807, 2.05) is 133 Å². The quantitative estimate of drug-likeness (QED) is 0.0660. The van der Waals surface area contributed by atoms with Crippen LogP contribution in [-0.2, 0) is 9.59 Å². The number of rotatable bonds is 13. The number of hydrogen-bond acceptors (Lipinski definition) is 6. The molecular weight excluding hydrogens is 741 g/mol. The lowest BCUT2D eigenvalue weighted by Gasteiger charge is -2.26. The third-order valence-corrected chi connectivity index (χ3v) is 9.62. The van der Waals surface area contributed by atoms with Gasteiger partial charge >= 0.3 is 11.9 Å². The van der Waals surface area contributed by atoms with E-state index in [-0.39, 0.29) is 0 Å². The highest BCUT2D eigenvalue weighted by Gasteiger charge is 2.16. The molecule has 0 saturated carbocycles. The Morgan fingerprint density at radius 2 is 0.650 bits per heavy atom. The molecule has 6 heteroatoms. The van der Waals surface area contributed by atoms with Crippen molar-refractivity contribution in [3.63, 3.8) is 0 Å². The monoisotopic (exact) mass is 780 g/mol. The molecule has 0 aliphatic carbocycles. The summed E-state index contributed by atoms with van der Waals surface area (Å²) >= 11 is 0. The summed E-state index contributed by atoms with van der Waals surface area (Å²) in [5.74, 6) is -0.0139. The van der Waals surface area contributed by atoms with Crippen molar-refractivity contribution in [2.75, 3.05) is 9.80 Å². The van der Waals surface area contributed by atoms with Crippen LogP contribution < -0.4 is 19.3 Å². The lowest BCUT2D eigenvalue weighted by Crippen LogP contribution is -2.11. The largest absolute Gasteiger partial charge is 0.423 e. The third-order valence-electron chi connectivity index (χ3n) is 9.62. The predicted octanol–water partition coefficient (Wildman–Crippen LogP) is 13.5. The highest BCUT2D eigenvalue weighted by atomic mass is 16.5. The fourth-order valence-electron chi connectivity index (χ4n) is 6.78. The summed E-state index contributed by atoms with van der Waals surface area (Å²) in [5.41, 5.74) is 9.45. The minimum absolute atomic E-state index is 0.445. The van der Waals surface area contributed by atoms with Crippen molar-refractivity contribution in [2.45, 2.75) is 0 Å². The van der Waals surface area contributed by atoms with E-state index in [0.29, 0.717) is 11.5 Å². The van der Waals surface area contributed by atoms with E-state index in [1.165, 1.54) is 12.2 Å². The van der Waals surface area contributed by atoms with Gasteiger partial charge < -0.3 is 19.3 Å². The molecule has 0 aromatic heterocycles. The minimum Gasteiger partial charge on any atom is -0.423 e. The second-order valence-corrected chi connectivity index (χ2v) is 13.8. The van der Waals surface area contributed by atoms with E-state index in [4.69, 9.17) is 9.47 Å². The number of esters is 2. The number of hydrogen-bond donors (Lipinski definition) is 0. The summed E-state index contributed by atoms with van der Waals surface area (Å²) in [4.78, 5) is 29.8. The Bertz CT molecular complexity index is 2520. The van der Waals surface area contributed by atoms with Gasteiger partial charge in [0.15, 0.2) is 0 Å². The zero-order valence-electron chi connectivity index (χ0n) is 32.6. The summed E-state index contributed by atoms with van der Waals surface area (Å²) in [6, 6.07) is 71.3. The first-order valence-corrected chi connectivity index (χ1v) is 19.6. The summed E-state index contributed by atoms with van der Waals surface area (Å²) < 4.78 is 11.4. The number of ether oxygens (including phenoxy) is 2. The maximum absolute atomic E-state index is 12.7. The Morgan fingerprint density at radius 3 is 1.02 bits per heavy atom. The van der Waals surface area contributed by atoms with Gasteiger partial charge in [-0.15, -0.1) is 0 Å². The first-order valence-electron chi connectivity index (χ1n) is 19.6. The summed E-state index contributed by atoms with van der Waals surface area (Å²) in [6.07, 6.45) is 6.35. The van der Waals surface area contributed by atoms with Crippen molar-refractivity contribution >= 4 is 58.2 Å². The molecule has 8 aromatic rings. The van der Waals surface area contributed by atoms with Gasteiger partial charge in [0.25, 0.3) is 0 Å². The highest BCUT2D eigenvalue weighted by Crippen LogP contribution is 2.39. The van der Waals surface area contributed by atoms with Crippen LogP contribution in [-0.4, -0.2) is 11.9 Å². The first-order chi connectivity index (χ1) is 29.6. The average molecular weight is 781 g/mol. The van der Waals surface area contributed by atoms with Crippen molar-refractivity contribution in [1.29, 1.82) is 0 Å². The van der Waals surface area contributed by atoms with Crippen LogP contribution in [0.1, 0.15) is 11.1 Å². The molecule has 0 atom stereocenters. The van der Waals surface area contributed by atoms with Crippen LogP contribution in [0, 0.1) is 0 Å². The van der Waals surface area contributed by atoms with E-state index in [2.05, 4.69) is 82.6 Å². The third kappa shape index (κ3) is 9.83. The number of benzene rings is 8. The normalized spacial score (nSPS) is 11.0.